The SMILES string of the molecule is NC1=NC2(COC1)c1cc(-c3cccnc3F)ccc1Oc1cnc(Cl)cc12. The van der Waals surface area contributed by atoms with Crippen molar-refractivity contribution in [3.63, 3.8) is 0 Å². The second kappa shape index (κ2) is 6.25. The molecular weight excluding hydrogens is 383 g/mol. The fourth-order valence-electron chi connectivity index (χ4n) is 3.69. The Morgan fingerprint density at radius 1 is 1.11 bits per heavy atom. The Hall–Kier alpha value is -3.03. The van der Waals surface area contributed by atoms with Crippen molar-refractivity contribution in [1.29, 1.82) is 0 Å². The van der Waals surface area contributed by atoms with Crippen molar-refractivity contribution in [2.24, 2.45) is 10.7 Å². The number of fused-ring (bicyclic) bond motifs is 4. The first-order valence-electron chi connectivity index (χ1n) is 8.58. The van der Waals surface area contributed by atoms with Gasteiger partial charge in [0.1, 0.15) is 28.9 Å². The van der Waals surface area contributed by atoms with Crippen molar-refractivity contribution >= 4 is 17.4 Å². The molecule has 2 N–H and O–H groups in total. The van der Waals surface area contributed by atoms with Crippen LogP contribution in [0.1, 0.15) is 11.1 Å². The van der Waals surface area contributed by atoms with Crippen molar-refractivity contribution in [3.8, 4) is 22.6 Å². The van der Waals surface area contributed by atoms with Crippen LogP contribution >= 0.6 is 11.6 Å². The number of halogens is 2. The number of hydrogen-bond donors (Lipinski definition) is 1. The summed E-state index contributed by atoms with van der Waals surface area (Å²) in [6.07, 6.45) is 2.96. The van der Waals surface area contributed by atoms with Crippen LogP contribution in [0.2, 0.25) is 5.15 Å². The van der Waals surface area contributed by atoms with Crippen molar-refractivity contribution < 1.29 is 13.9 Å². The Bertz CT molecular complexity index is 1140. The largest absolute Gasteiger partial charge is 0.455 e. The molecule has 0 aliphatic carbocycles. The third-order valence-electron chi connectivity index (χ3n) is 4.89. The highest BCUT2D eigenvalue weighted by molar-refractivity contribution is 6.29. The Labute approximate surface area is 164 Å². The van der Waals surface area contributed by atoms with E-state index in [9.17, 15) is 4.39 Å². The summed E-state index contributed by atoms with van der Waals surface area (Å²) in [6.45, 7) is 0.486. The standard InChI is InChI=1S/C20H14ClFN4O2/c21-17-7-14-16(8-25-17)28-15-4-3-11(12-2-1-5-24-19(12)22)6-13(15)20(14)10-27-9-18(23)26-20/h1-8H,9-10H2,(H2,23,26). The number of rotatable bonds is 1. The van der Waals surface area contributed by atoms with Crippen LogP contribution in [0.4, 0.5) is 4.39 Å². The van der Waals surface area contributed by atoms with Crippen LogP contribution in [0.15, 0.2) is 53.8 Å². The van der Waals surface area contributed by atoms with Crippen LogP contribution < -0.4 is 10.5 Å². The monoisotopic (exact) mass is 396 g/mol. The summed E-state index contributed by atoms with van der Waals surface area (Å²) in [6, 6.07) is 10.4. The lowest BCUT2D eigenvalue weighted by Crippen LogP contribution is -2.42. The van der Waals surface area contributed by atoms with E-state index in [2.05, 4.69) is 9.97 Å². The summed E-state index contributed by atoms with van der Waals surface area (Å²) in [5, 5.41) is 0.305. The van der Waals surface area contributed by atoms with Crippen molar-refractivity contribution in [2.75, 3.05) is 13.2 Å². The highest BCUT2D eigenvalue weighted by atomic mass is 35.5. The smallest absolute Gasteiger partial charge is 0.220 e. The van der Waals surface area contributed by atoms with E-state index in [0.717, 1.165) is 0 Å². The first kappa shape index (κ1) is 17.1. The normalized spacial score (nSPS) is 20.1. The Kier molecular flexibility index (Phi) is 3.82. The molecule has 1 unspecified atom stereocenters. The Morgan fingerprint density at radius 2 is 1.96 bits per heavy atom. The molecule has 2 aliphatic rings. The van der Waals surface area contributed by atoms with E-state index in [0.29, 0.717) is 44.7 Å². The van der Waals surface area contributed by atoms with Gasteiger partial charge in [-0.1, -0.05) is 17.7 Å². The van der Waals surface area contributed by atoms with Gasteiger partial charge in [0.15, 0.2) is 5.75 Å². The van der Waals surface area contributed by atoms with Crippen LogP contribution in [-0.2, 0) is 10.3 Å². The van der Waals surface area contributed by atoms with E-state index in [1.54, 1.807) is 36.5 Å². The van der Waals surface area contributed by atoms with E-state index in [4.69, 9.17) is 31.8 Å². The van der Waals surface area contributed by atoms with Crippen LogP contribution in [0.3, 0.4) is 0 Å². The lowest BCUT2D eigenvalue weighted by molar-refractivity contribution is 0.110. The molecule has 1 spiro atoms. The summed E-state index contributed by atoms with van der Waals surface area (Å²) in [4.78, 5) is 12.6. The molecule has 0 fully saturated rings. The molecule has 140 valence electrons. The molecule has 2 aliphatic heterocycles. The first-order chi connectivity index (χ1) is 13.6. The van der Waals surface area contributed by atoms with Gasteiger partial charge in [0.2, 0.25) is 5.95 Å². The van der Waals surface area contributed by atoms with Gasteiger partial charge in [-0.2, -0.15) is 4.39 Å². The average molecular weight is 397 g/mol. The number of nitrogens with two attached hydrogens (primary N) is 1. The van der Waals surface area contributed by atoms with Crippen molar-refractivity contribution in [1.82, 2.24) is 9.97 Å². The molecule has 3 aromatic rings. The number of aromatic nitrogens is 2. The summed E-state index contributed by atoms with van der Waals surface area (Å²) in [5.41, 5.74) is 7.52. The second-order valence-corrected chi connectivity index (χ2v) is 7.00. The highest BCUT2D eigenvalue weighted by Crippen LogP contribution is 2.51. The highest BCUT2D eigenvalue weighted by Gasteiger charge is 2.45. The minimum absolute atomic E-state index is 0.239. The minimum atomic E-state index is -0.952. The predicted molar refractivity (Wildman–Crippen MR) is 102 cm³/mol. The number of amidine groups is 1. The topological polar surface area (TPSA) is 82.6 Å². The summed E-state index contributed by atoms with van der Waals surface area (Å²) >= 11 is 6.15. The number of benzene rings is 1. The molecule has 28 heavy (non-hydrogen) atoms. The number of nitrogens with zero attached hydrogens (tertiary/aromatic N) is 3. The number of aliphatic imine (C=N–C) groups is 1. The lowest BCUT2D eigenvalue weighted by Gasteiger charge is -2.39. The summed E-state index contributed by atoms with van der Waals surface area (Å²) in [5.74, 6) is 0.908. The van der Waals surface area contributed by atoms with Gasteiger partial charge in [-0.15, -0.1) is 0 Å². The molecule has 2 aromatic heterocycles. The van der Waals surface area contributed by atoms with E-state index in [1.807, 2.05) is 6.07 Å². The van der Waals surface area contributed by atoms with Crippen LogP contribution in [-0.4, -0.2) is 29.0 Å². The van der Waals surface area contributed by atoms with Crippen molar-refractivity contribution in [2.45, 2.75) is 5.54 Å². The minimum Gasteiger partial charge on any atom is -0.455 e. The Morgan fingerprint density at radius 3 is 2.79 bits per heavy atom. The number of ether oxygens (including phenoxy) is 2. The maximum absolute atomic E-state index is 14.3. The first-order valence-corrected chi connectivity index (χ1v) is 8.96. The summed E-state index contributed by atoms with van der Waals surface area (Å²) in [7, 11) is 0. The lowest BCUT2D eigenvalue weighted by atomic mass is 9.80. The molecule has 0 saturated carbocycles. The van der Waals surface area contributed by atoms with Gasteiger partial charge < -0.3 is 15.2 Å². The van der Waals surface area contributed by atoms with Gasteiger partial charge in [0, 0.05) is 22.9 Å². The molecule has 0 bridgehead atoms. The average Bonchev–Trinajstić information content (AvgIpc) is 2.69. The molecule has 6 nitrogen and oxygen atoms in total. The summed E-state index contributed by atoms with van der Waals surface area (Å²) < 4.78 is 26.0. The zero-order valence-electron chi connectivity index (χ0n) is 14.5. The zero-order valence-corrected chi connectivity index (χ0v) is 15.3. The van der Waals surface area contributed by atoms with E-state index >= 15 is 0 Å². The fraction of sp³-hybridized carbons (Fsp3) is 0.150. The second-order valence-electron chi connectivity index (χ2n) is 6.61. The molecule has 4 heterocycles. The molecule has 0 radical (unpaired) electrons. The number of hydrogen-bond acceptors (Lipinski definition) is 6. The molecular formula is C20H14ClFN4O2. The molecule has 0 amide bonds. The fourth-order valence-corrected chi connectivity index (χ4v) is 3.84. The molecule has 5 rings (SSSR count). The molecule has 1 atom stereocenters. The Balaban J connectivity index is 1.78. The predicted octanol–water partition coefficient (Wildman–Crippen LogP) is 3.67. The van der Waals surface area contributed by atoms with Gasteiger partial charge >= 0.3 is 0 Å². The van der Waals surface area contributed by atoms with Gasteiger partial charge in [-0.25, -0.2) is 9.97 Å². The maximum atomic E-state index is 14.3. The van der Waals surface area contributed by atoms with Crippen LogP contribution in [0.25, 0.3) is 11.1 Å². The third kappa shape index (κ3) is 2.55. The van der Waals surface area contributed by atoms with E-state index in [1.165, 1.54) is 6.20 Å². The molecule has 0 saturated heterocycles. The zero-order chi connectivity index (χ0) is 19.3. The van der Waals surface area contributed by atoms with Crippen molar-refractivity contribution in [3.05, 3.63) is 71.0 Å². The van der Waals surface area contributed by atoms with Gasteiger partial charge in [-0.05, 0) is 35.9 Å². The van der Waals surface area contributed by atoms with Gasteiger partial charge in [-0.3, -0.25) is 4.99 Å². The quantitative estimate of drug-likeness (QED) is 0.634. The number of pyridine rings is 2. The van der Waals surface area contributed by atoms with Gasteiger partial charge in [0.25, 0.3) is 0 Å². The van der Waals surface area contributed by atoms with Crippen LogP contribution in [0, 0.1) is 5.95 Å². The van der Waals surface area contributed by atoms with E-state index in [-0.39, 0.29) is 13.2 Å². The molecule has 1 aromatic carbocycles. The molecule has 8 heteroatoms. The van der Waals surface area contributed by atoms with E-state index < -0.39 is 11.5 Å². The maximum Gasteiger partial charge on any atom is 0.220 e. The van der Waals surface area contributed by atoms with Gasteiger partial charge in [0.05, 0.1) is 12.8 Å². The third-order valence-corrected chi connectivity index (χ3v) is 5.10. The van der Waals surface area contributed by atoms with Crippen LogP contribution in [0.5, 0.6) is 11.5 Å².